The van der Waals surface area contributed by atoms with Crippen LogP contribution in [-0.2, 0) is 16.0 Å². The van der Waals surface area contributed by atoms with Crippen molar-refractivity contribution in [1.82, 2.24) is 4.90 Å². The Morgan fingerprint density at radius 1 is 1.32 bits per heavy atom. The zero-order valence-corrected chi connectivity index (χ0v) is 13.3. The monoisotopic (exact) mass is 303 g/mol. The molecule has 22 heavy (non-hydrogen) atoms. The molecule has 2 aliphatic heterocycles. The summed E-state index contributed by atoms with van der Waals surface area (Å²) in [4.78, 5) is 16.6. The van der Waals surface area contributed by atoms with Gasteiger partial charge in [0.05, 0.1) is 0 Å². The number of carbonyl (C=O) groups is 1. The van der Waals surface area contributed by atoms with Gasteiger partial charge in [0.1, 0.15) is 6.10 Å². The van der Waals surface area contributed by atoms with E-state index in [0.717, 1.165) is 63.4 Å². The first-order chi connectivity index (χ1) is 10.7. The van der Waals surface area contributed by atoms with Crippen LogP contribution in [0.2, 0.25) is 0 Å². The summed E-state index contributed by atoms with van der Waals surface area (Å²) in [7, 11) is 0. The third kappa shape index (κ3) is 3.04. The first-order valence-corrected chi connectivity index (χ1v) is 8.22. The van der Waals surface area contributed by atoms with E-state index in [4.69, 9.17) is 10.5 Å². The molecule has 0 saturated carbocycles. The van der Waals surface area contributed by atoms with Crippen LogP contribution in [0.5, 0.6) is 0 Å². The number of nitrogens with zero attached hydrogens (tertiary/aromatic N) is 2. The maximum absolute atomic E-state index is 12.3. The summed E-state index contributed by atoms with van der Waals surface area (Å²) in [5, 5.41) is 0. The van der Waals surface area contributed by atoms with Crippen molar-refractivity contribution in [2.24, 2.45) is 0 Å². The molecule has 5 nitrogen and oxygen atoms in total. The number of amides is 1. The predicted octanol–water partition coefficient (Wildman–Crippen LogP) is 1.66. The second-order valence-electron chi connectivity index (χ2n) is 6.05. The first kappa shape index (κ1) is 15.2. The van der Waals surface area contributed by atoms with Gasteiger partial charge in [0, 0.05) is 44.2 Å². The fourth-order valence-corrected chi connectivity index (χ4v) is 3.26. The number of rotatable bonds is 3. The van der Waals surface area contributed by atoms with Crippen molar-refractivity contribution in [3.05, 3.63) is 23.8 Å². The second kappa shape index (κ2) is 6.57. The number of aryl methyl sites for hydroxylation is 1. The Labute approximate surface area is 132 Å². The van der Waals surface area contributed by atoms with Gasteiger partial charge >= 0.3 is 0 Å². The van der Waals surface area contributed by atoms with E-state index in [-0.39, 0.29) is 12.0 Å². The minimum Gasteiger partial charge on any atom is -0.398 e. The zero-order chi connectivity index (χ0) is 15.5. The van der Waals surface area contributed by atoms with Gasteiger partial charge in [-0.3, -0.25) is 4.79 Å². The summed E-state index contributed by atoms with van der Waals surface area (Å²) in [6.07, 6.45) is 2.62. The normalized spacial score (nSPS) is 22.1. The van der Waals surface area contributed by atoms with Crippen LogP contribution < -0.4 is 10.6 Å². The number of ether oxygens (including phenoxy) is 1. The molecule has 3 rings (SSSR count). The van der Waals surface area contributed by atoms with E-state index in [1.165, 1.54) is 5.56 Å². The molecule has 2 aliphatic rings. The summed E-state index contributed by atoms with van der Waals surface area (Å²) < 4.78 is 5.50. The molecular weight excluding hydrogens is 278 g/mol. The Morgan fingerprint density at radius 3 is 2.68 bits per heavy atom. The van der Waals surface area contributed by atoms with Crippen molar-refractivity contribution >= 4 is 17.3 Å². The van der Waals surface area contributed by atoms with E-state index in [9.17, 15) is 4.79 Å². The van der Waals surface area contributed by atoms with E-state index in [1.54, 1.807) is 0 Å². The maximum Gasteiger partial charge on any atom is 0.251 e. The lowest BCUT2D eigenvalue weighted by Crippen LogP contribution is -2.51. The third-order valence-electron chi connectivity index (χ3n) is 4.67. The number of carbonyl (C=O) groups excluding carboxylic acids is 1. The Morgan fingerprint density at radius 2 is 2.09 bits per heavy atom. The quantitative estimate of drug-likeness (QED) is 0.863. The smallest absolute Gasteiger partial charge is 0.251 e. The second-order valence-corrected chi connectivity index (χ2v) is 6.05. The van der Waals surface area contributed by atoms with E-state index in [0.29, 0.717) is 0 Å². The molecule has 120 valence electrons. The van der Waals surface area contributed by atoms with Crippen molar-refractivity contribution in [2.45, 2.75) is 32.3 Å². The van der Waals surface area contributed by atoms with Gasteiger partial charge in [-0.2, -0.15) is 0 Å². The largest absolute Gasteiger partial charge is 0.398 e. The molecule has 0 bridgehead atoms. The van der Waals surface area contributed by atoms with Gasteiger partial charge in [0.25, 0.3) is 5.91 Å². The Bertz CT molecular complexity index is 533. The molecule has 2 heterocycles. The number of benzene rings is 1. The van der Waals surface area contributed by atoms with Crippen LogP contribution in [0.1, 0.15) is 25.3 Å². The molecule has 0 aromatic heterocycles. The summed E-state index contributed by atoms with van der Waals surface area (Å²) in [5.41, 5.74) is 9.29. The lowest BCUT2D eigenvalue weighted by molar-refractivity contribution is -0.141. The molecular formula is C17H25N3O2. The molecule has 2 N–H and O–H groups in total. The molecule has 1 unspecified atom stereocenters. The Hall–Kier alpha value is -1.75. The molecule has 1 aromatic carbocycles. The van der Waals surface area contributed by atoms with Gasteiger partial charge < -0.3 is 20.3 Å². The fourth-order valence-electron chi connectivity index (χ4n) is 3.26. The van der Waals surface area contributed by atoms with Crippen molar-refractivity contribution in [3.8, 4) is 0 Å². The van der Waals surface area contributed by atoms with Crippen molar-refractivity contribution in [1.29, 1.82) is 0 Å². The van der Waals surface area contributed by atoms with Crippen LogP contribution in [0, 0.1) is 0 Å². The molecule has 1 amide bonds. The lowest BCUT2D eigenvalue weighted by atomic mass is 10.1. The van der Waals surface area contributed by atoms with Crippen LogP contribution in [0.25, 0.3) is 0 Å². The minimum atomic E-state index is -0.203. The van der Waals surface area contributed by atoms with Crippen molar-refractivity contribution in [2.75, 3.05) is 43.4 Å². The number of nitrogens with two attached hydrogens (primary N) is 1. The highest BCUT2D eigenvalue weighted by Gasteiger charge is 2.30. The van der Waals surface area contributed by atoms with Crippen LogP contribution in [-0.4, -0.2) is 49.7 Å². The highest BCUT2D eigenvalue weighted by atomic mass is 16.5. The van der Waals surface area contributed by atoms with Crippen LogP contribution in [0.4, 0.5) is 11.4 Å². The van der Waals surface area contributed by atoms with E-state index < -0.39 is 0 Å². The first-order valence-electron chi connectivity index (χ1n) is 8.22. The summed E-state index contributed by atoms with van der Waals surface area (Å²) in [6.45, 7) is 6.05. The predicted molar refractivity (Wildman–Crippen MR) is 88.0 cm³/mol. The number of hydrogen-bond donors (Lipinski definition) is 1. The van der Waals surface area contributed by atoms with Crippen LogP contribution in [0.15, 0.2) is 18.2 Å². The number of nitrogen functional groups attached to an aromatic ring is 1. The molecule has 5 heteroatoms. The number of hydrogen-bond acceptors (Lipinski definition) is 4. The number of anilines is 2. The van der Waals surface area contributed by atoms with E-state index in [1.807, 2.05) is 4.90 Å². The van der Waals surface area contributed by atoms with E-state index >= 15 is 0 Å². The SMILES string of the molecule is CCc1ccc(N2CCN(C(=O)C3CCCO3)CC2)cc1N. The van der Waals surface area contributed by atoms with Crippen molar-refractivity contribution < 1.29 is 9.53 Å². The van der Waals surface area contributed by atoms with Crippen molar-refractivity contribution in [3.63, 3.8) is 0 Å². The number of piperazine rings is 1. The highest BCUT2D eigenvalue weighted by molar-refractivity contribution is 5.81. The summed E-state index contributed by atoms with van der Waals surface area (Å²) in [6, 6.07) is 6.29. The lowest BCUT2D eigenvalue weighted by Gasteiger charge is -2.37. The van der Waals surface area contributed by atoms with Gasteiger partial charge in [0.2, 0.25) is 0 Å². The van der Waals surface area contributed by atoms with Gasteiger partial charge in [-0.1, -0.05) is 13.0 Å². The van der Waals surface area contributed by atoms with Gasteiger partial charge in [-0.15, -0.1) is 0 Å². The van der Waals surface area contributed by atoms with Gasteiger partial charge in [-0.05, 0) is 37.0 Å². The average molecular weight is 303 g/mol. The Balaban J connectivity index is 1.59. The highest BCUT2D eigenvalue weighted by Crippen LogP contribution is 2.24. The zero-order valence-electron chi connectivity index (χ0n) is 13.3. The van der Waals surface area contributed by atoms with Gasteiger partial charge in [-0.25, -0.2) is 0 Å². The van der Waals surface area contributed by atoms with E-state index in [2.05, 4.69) is 30.0 Å². The minimum absolute atomic E-state index is 0.165. The summed E-state index contributed by atoms with van der Waals surface area (Å²) >= 11 is 0. The summed E-state index contributed by atoms with van der Waals surface area (Å²) in [5.74, 6) is 0.165. The molecule has 1 aromatic rings. The van der Waals surface area contributed by atoms with Gasteiger partial charge in [0.15, 0.2) is 0 Å². The average Bonchev–Trinajstić information content (AvgIpc) is 3.09. The van der Waals surface area contributed by atoms with Crippen LogP contribution in [0.3, 0.4) is 0 Å². The molecule has 2 saturated heterocycles. The molecule has 0 aliphatic carbocycles. The molecule has 0 radical (unpaired) electrons. The third-order valence-corrected chi connectivity index (χ3v) is 4.67. The fraction of sp³-hybridized carbons (Fsp3) is 0.588. The molecule has 0 spiro atoms. The molecule has 1 atom stereocenters. The topological polar surface area (TPSA) is 58.8 Å². The molecule has 2 fully saturated rings. The van der Waals surface area contributed by atoms with Crippen LogP contribution >= 0.6 is 0 Å². The maximum atomic E-state index is 12.3. The standard InChI is InChI=1S/C17H25N3O2/c1-2-13-5-6-14(12-15(13)18)19-7-9-20(10-8-19)17(21)16-4-3-11-22-16/h5-6,12,16H,2-4,7-11,18H2,1H3. The Kier molecular flexibility index (Phi) is 4.52.